The van der Waals surface area contributed by atoms with Crippen molar-refractivity contribution in [2.45, 2.75) is 25.4 Å². The molecule has 3 aliphatic heterocycles. The Bertz CT molecular complexity index is 604. The number of rotatable bonds is 4. The van der Waals surface area contributed by atoms with E-state index in [1.807, 2.05) is 23.1 Å². The van der Waals surface area contributed by atoms with E-state index >= 15 is 0 Å². The van der Waals surface area contributed by atoms with Gasteiger partial charge in [0, 0.05) is 25.4 Å². The monoisotopic (exact) mass is 348 g/mol. The van der Waals surface area contributed by atoms with Gasteiger partial charge >= 0.3 is 0 Å². The van der Waals surface area contributed by atoms with Crippen LogP contribution in [0, 0.1) is 0 Å². The molecule has 1 aromatic carbocycles. The first-order valence-corrected chi connectivity index (χ1v) is 9.99. The number of hydrogen-bond acceptors (Lipinski definition) is 5. The third kappa shape index (κ3) is 3.22. The largest absolute Gasteiger partial charge is 0.489 e. The van der Waals surface area contributed by atoms with Crippen molar-refractivity contribution in [3.63, 3.8) is 0 Å². The van der Waals surface area contributed by atoms with Gasteiger partial charge in [0.25, 0.3) is 0 Å². The molecule has 0 saturated carbocycles. The Morgan fingerprint density at radius 2 is 2.17 bits per heavy atom. The molecule has 0 bridgehead atoms. The summed E-state index contributed by atoms with van der Waals surface area (Å²) in [6.45, 7) is 4.14. The number of hydrogen-bond donors (Lipinski definition) is 0. The highest BCUT2D eigenvalue weighted by atomic mass is 32.2. The first-order chi connectivity index (χ1) is 11.8. The summed E-state index contributed by atoms with van der Waals surface area (Å²) < 4.78 is 11.5. The molecular weight excluding hydrogens is 324 g/mol. The Kier molecular flexibility index (Phi) is 4.85. The molecule has 1 amide bonds. The Hall–Kier alpha value is -1.40. The smallest absolute Gasteiger partial charge is 0.237 e. The number of thioether (sulfide) groups is 1. The fourth-order valence-electron chi connectivity index (χ4n) is 3.66. The van der Waals surface area contributed by atoms with Gasteiger partial charge in [0.1, 0.15) is 18.0 Å². The van der Waals surface area contributed by atoms with Crippen LogP contribution in [0.2, 0.25) is 0 Å². The molecule has 0 unspecified atom stereocenters. The molecule has 1 saturated heterocycles. The lowest BCUT2D eigenvalue weighted by Crippen LogP contribution is -2.47. The molecular formula is C18H24N2O3S. The minimum atomic E-state index is 0.189. The molecule has 1 atom stereocenters. The lowest BCUT2D eigenvalue weighted by Gasteiger charge is -2.41. The van der Waals surface area contributed by atoms with Crippen LogP contribution in [0.4, 0.5) is 11.4 Å². The minimum absolute atomic E-state index is 0.189. The number of amides is 1. The minimum Gasteiger partial charge on any atom is -0.489 e. The van der Waals surface area contributed by atoms with Gasteiger partial charge in [0.2, 0.25) is 5.91 Å². The first kappa shape index (κ1) is 16.1. The normalized spacial score (nSPS) is 22.8. The lowest BCUT2D eigenvalue weighted by atomic mass is 10.1. The fourth-order valence-corrected chi connectivity index (χ4v) is 4.63. The van der Waals surface area contributed by atoms with Crippen molar-refractivity contribution < 1.29 is 14.3 Å². The zero-order valence-corrected chi connectivity index (χ0v) is 14.7. The van der Waals surface area contributed by atoms with E-state index in [0.29, 0.717) is 11.9 Å². The van der Waals surface area contributed by atoms with Crippen molar-refractivity contribution in [1.29, 1.82) is 0 Å². The van der Waals surface area contributed by atoms with Crippen LogP contribution in [0.3, 0.4) is 0 Å². The second-order valence-corrected chi connectivity index (χ2v) is 7.54. The van der Waals surface area contributed by atoms with Gasteiger partial charge in [-0.25, -0.2) is 0 Å². The molecule has 5 nitrogen and oxygen atoms in total. The maximum Gasteiger partial charge on any atom is 0.237 e. The van der Waals surface area contributed by atoms with E-state index in [2.05, 4.69) is 4.90 Å². The number of ether oxygens (including phenoxy) is 2. The Balaban J connectivity index is 1.40. The molecule has 0 aliphatic carbocycles. The predicted molar refractivity (Wildman–Crippen MR) is 97.4 cm³/mol. The van der Waals surface area contributed by atoms with Crippen LogP contribution in [0.15, 0.2) is 18.2 Å². The fraction of sp³-hybridized carbons (Fsp3) is 0.611. The summed E-state index contributed by atoms with van der Waals surface area (Å²) >= 11 is 1.70. The molecule has 130 valence electrons. The van der Waals surface area contributed by atoms with E-state index in [1.165, 1.54) is 12.8 Å². The van der Waals surface area contributed by atoms with Crippen LogP contribution in [0.1, 0.15) is 19.3 Å². The van der Waals surface area contributed by atoms with Gasteiger partial charge in [-0.1, -0.05) is 6.07 Å². The van der Waals surface area contributed by atoms with Gasteiger partial charge in [-0.2, -0.15) is 0 Å². The summed E-state index contributed by atoms with van der Waals surface area (Å²) in [5, 5.41) is 0. The van der Waals surface area contributed by atoms with Crippen LogP contribution in [-0.4, -0.2) is 56.4 Å². The van der Waals surface area contributed by atoms with Gasteiger partial charge in [0.05, 0.1) is 24.1 Å². The van der Waals surface area contributed by atoms with Crippen molar-refractivity contribution in [2.75, 3.05) is 54.2 Å². The average Bonchev–Trinajstić information content (AvgIpc) is 2.63. The quantitative estimate of drug-likeness (QED) is 0.836. The van der Waals surface area contributed by atoms with Crippen molar-refractivity contribution in [2.24, 2.45) is 0 Å². The van der Waals surface area contributed by atoms with E-state index in [-0.39, 0.29) is 5.91 Å². The van der Waals surface area contributed by atoms with Gasteiger partial charge in [0.15, 0.2) is 0 Å². The van der Waals surface area contributed by atoms with Gasteiger partial charge < -0.3 is 19.3 Å². The Morgan fingerprint density at radius 3 is 3.04 bits per heavy atom. The third-order valence-corrected chi connectivity index (χ3v) is 5.96. The van der Waals surface area contributed by atoms with Crippen LogP contribution in [0.25, 0.3) is 0 Å². The van der Waals surface area contributed by atoms with E-state index in [4.69, 9.17) is 9.47 Å². The standard InChI is InChI=1S/C18H24N2O3S/c21-17(13-24-12-14-4-1-2-10-22-14)20-8-7-19-9-11-23-16-6-3-5-15(20)18(16)19/h3,5-6,14H,1-2,4,7-13H2/t14-/m0/s1. The molecule has 24 heavy (non-hydrogen) atoms. The molecule has 0 spiro atoms. The van der Waals surface area contributed by atoms with Crippen molar-refractivity contribution in [3.8, 4) is 5.75 Å². The molecule has 3 heterocycles. The third-order valence-electron chi connectivity index (χ3n) is 4.90. The number of benzene rings is 1. The molecule has 1 aromatic rings. The second kappa shape index (κ2) is 7.23. The van der Waals surface area contributed by atoms with Crippen LogP contribution in [-0.2, 0) is 9.53 Å². The molecule has 3 aliphatic rings. The SMILES string of the molecule is O=C(CSC[C@@H]1CCCCO1)N1CCN2CCOc3cccc1c32. The number of anilines is 2. The molecule has 6 heteroatoms. The van der Waals surface area contributed by atoms with E-state index < -0.39 is 0 Å². The second-order valence-electron chi connectivity index (χ2n) is 6.51. The summed E-state index contributed by atoms with van der Waals surface area (Å²) in [4.78, 5) is 17.0. The van der Waals surface area contributed by atoms with Crippen LogP contribution >= 0.6 is 11.8 Å². The van der Waals surface area contributed by atoms with Crippen LogP contribution in [0.5, 0.6) is 5.75 Å². The Labute approximate surface area is 147 Å². The van der Waals surface area contributed by atoms with Gasteiger partial charge in [-0.15, -0.1) is 11.8 Å². The number of nitrogens with zero attached hydrogens (tertiary/aromatic N) is 2. The molecule has 1 fully saturated rings. The predicted octanol–water partition coefficient (Wildman–Crippen LogP) is 2.53. The summed E-state index contributed by atoms with van der Waals surface area (Å²) in [6.07, 6.45) is 3.87. The summed E-state index contributed by atoms with van der Waals surface area (Å²) in [6, 6.07) is 6.01. The summed E-state index contributed by atoms with van der Waals surface area (Å²) in [5.41, 5.74) is 2.09. The van der Waals surface area contributed by atoms with Gasteiger partial charge in [-0.05, 0) is 31.4 Å². The topological polar surface area (TPSA) is 42.0 Å². The highest BCUT2D eigenvalue weighted by Crippen LogP contribution is 2.42. The van der Waals surface area contributed by atoms with E-state index in [9.17, 15) is 4.79 Å². The van der Waals surface area contributed by atoms with Crippen molar-refractivity contribution in [1.82, 2.24) is 0 Å². The van der Waals surface area contributed by atoms with E-state index in [1.54, 1.807) is 11.8 Å². The van der Waals surface area contributed by atoms with Crippen molar-refractivity contribution >= 4 is 29.0 Å². The Morgan fingerprint density at radius 1 is 1.21 bits per heavy atom. The average molecular weight is 348 g/mol. The maximum absolute atomic E-state index is 12.7. The maximum atomic E-state index is 12.7. The molecule has 4 rings (SSSR count). The van der Waals surface area contributed by atoms with Gasteiger partial charge in [-0.3, -0.25) is 4.79 Å². The van der Waals surface area contributed by atoms with Crippen molar-refractivity contribution in [3.05, 3.63) is 18.2 Å². The number of carbonyl (C=O) groups excluding carboxylic acids is 1. The highest BCUT2D eigenvalue weighted by molar-refractivity contribution is 8.00. The summed E-state index contributed by atoms with van der Waals surface area (Å²) in [7, 11) is 0. The molecule has 0 aromatic heterocycles. The molecule has 0 radical (unpaired) electrons. The molecule has 0 N–H and O–H groups in total. The lowest BCUT2D eigenvalue weighted by molar-refractivity contribution is -0.116. The zero-order chi connectivity index (χ0) is 16.4. The highest BCUT2D eigenvalue weighted by Gasteiger charge is 2.31. The number of para-hydroxylation sites is 1. The first-order valence-electron chi connectivity index (χ1n) is 8.83. The van der Waals surface area contributed by atoms with E-state index in [0.717, 1.165) is 62.1 Å². The number of carbonyl (C=O) groups is 1. The summed E-state index contributed by atoms with van der Waals surface area (Å²) in [5.74, 6) is 2.53. The van der Waals surface area contributed by atoms with Crippen LogP contribution < -0.4 is 14.5 Å². The zero-order valence-electron chi connectivity index (χ0n) is 13.9.